The van der Waals surface area contributed by atoms with Gasteiger partial charge in [0.05, 0.1) is 12.7 Å². The predicted octanol–water partition coefficient (Wildman–Crippen LogP) is 2.74. The van der Waals surface area contributed by atoms with Crippen LogP contribution in [0.25, 0.3) is 16.1 Å². The number of ether oxygens (including phenoxy) is 1. The molecular formula is C17H23N5O2S. The third-order valence-corrected chi connectivity index (χ3v) is 4.74. The quantitative estimate of drug-likeness (QED) is 0.655. The van der Waals surface area contributed by atoms with Gasteiger partial charge in [-0.25, -0.2) is 14.5 Å². The van der Waals surface area contributed by atoms with E-state index >= 15 is 0 Å². The molecule has 25 heavy (non-hydrogen) atoms. The van der Waals surface area contributed by atoms with Crippen LogP contribution in [0.5, 0.6) is 0 Å². The Kier molecular flexibility index (Phi) is 6.63. The number of hydrogen-bond acceptors (Lipinski definition) is 7. The lowest BCUT2D eigenvalue weighted by Gasteiger charge is -2.17. The summed E-state index contributed by atoms with van der Waals surface area (Å²) in [4.78, 5) is 8.47. The molecule has 0 aromatic carbocycles. The molecule has 0 aliphatic carbocycles. The molecule has 0 unspecified atom stereocenters. The molecule has 0 radical (unpaired) electrons. The molecule has 134 valence electrons. The zero-order chi connectivity index (χ0) is 18.4. The molecular weight excluding hydrogens is 338 g/mol. The molecule has 0 saturated carbocycles. The van der Waals surface area contributed by atoms with Crippen molar-refractivity contribution in [2.75, 3.05) is 19.5 Å². The van der Waals surface area contributed by atoms with Gasteiger partial charge in [0.15, 0.2) is 5.82 Å². The Hall–Kier alpha value is -2.29. The van der Waals surface area contributed by atoms with Crippen LogP contribution >= 0.6 is 11.3 Å². The van der Waals surface area contributed by atoms with Crippen molar-refractivity contribution in [2.24, 2.45) is 0 Å². The Morgan fingerprint density at radius 2 is 2.16 bits per heavy atom. The maximum absolute atomic E-state index is 9.35. The predicted molar refractivity (Wildman–Crippen MR) is 101 cm³/mol. The van der Waals surface area contributed by atoms with Crippen molar-refractivity contribution in [3.05, 3.63) is 42.8 Å². The third kappa shape index (κ3) is 3.87. The van der Waals surface area contributed by atoms with Gasteiger partial charge < -0.3 is 15.6 Å². The van der Waals surface area contributed by atoms with Crippen LogP contribution in [0.3, 0.4) is 0 Å². The van der Waals surface area contributed by atoms with Crippen LogP contribution in [-0.2, 0) is 4.74 Å². The van der Waals surface area contributed by atoms with Crippen molar-refractivity contribution in [1.82, 2.24) is 19.6 Å². The Morgan fingerprint density at radius 1 is 1.40 bits per heavy atom. The van der Waals surface area contributed by atoms with E-state index in [2.05, 4.69) is 35.1 Å². The summed E-state index contributed by atoms with van der Waals surface area (Å²) in [6.45, 7) is 8.06. The molecule has 3 aromatic rings. The smallest absolute Gasteiger partial charge is 0.152 e. The van der Waals surface area contributed by atoms with Gasteiger partial charge in [-0.05, 0) is 12.5 Å². The SMILES string of the molecule is C=C.CO[C@H](CO)C[C@H](C)c1cc(-c2nccs2)c2c(N)ncnn12. The van der Waals surface area contributed by atoms with Crippen molar-refractivity contribution in [1.29, 1.82) is 0 Å². The molecule has 0 saturated heterocycles. The highest BCUT2D eigenvalue weighted by Gasteiger charge is 2.22. The van der Waals surface area contributed by atoms with Crippen LogP contribution in [0, 0.1) is 0 Å². The number of hydrogen-bond donors (Lipinski definition) is 2. The lowest BCUT2D eigenvalue weighted by atomic mass is 10.00. The van der Waals surface area contributed by atoms with Gasteiger partial charge in [0.25, 0.3) is 0 Å². The molecule has 0 amide bonds. The highest BCUT2D eigenvalue weighted by Crippen LogP contribution is 2.35. The topological polar surface area (TPSA) is 98.6 Å². The number of nitrogen functional groups attached to an aromatic ring is 1. The zero-order valence-electron chi connectivity index (χ0n) is 14.4. The summed E-state index contributed by atoms with van der Waals surface area (Å²) in [5, 5.41) is 16.5. The number of anilines is 1. The molecule has 2 atom stereocenters. The molecule has 3 aromatic heterocycles. The standard InChI is InChI=1S/C15H19N5O2S.C2H4/c1-9(5-10(7-21)22-2)12-6-11(15-17-3-4-23-15)13-14(16)18-8-19-20(12)13;1-2/h3-4,6,8-10,21H,5,7H2,1-2H3,(H2,16,18,19);1-2H2/t9-,10-;/m0./s1. The van der Waals surface area contributed by atoms with Crippen LogP contribution in [0.1, 0.15) is 25.0 Å². The minimum absolute atomic E-state index is 0.0133. The summed E-state index contributed by atoms with van der Waals surface area (Å²) < 4.78 is 7.09. The molecule has 7 nitrogen and oxygen atoms in total. The molecule has 3 heterocycles. The summed E-state index contributed by atoms with van der Waals surface area (Å²) in [6, 6.07) is 2.05. The fourth-order valence-corrected chi connectivity index (χ4v) is 3.38. The van der Waals surface area contributed by atoms with E-state index in [1.54, 1.807) is 24.6 Å². The molecule has 3 rings (SSSR count). The van der Waals surface area contributed by atoms with E-state index in [9.17, 15) is 5.11 Å². The second-order valence-electron chi connectivity index (χ2n) is 5.40. The number of nitrogens with two attached hydrogens (primary N) is 1. The molecule has 0 fully saturated rings. The summed E-state index contributed by atoms with van der Waals surface area (Å²) in [7, 11) is 1.60. The van der Waals surface area contributed by atoms with Gasteiger partial charge in [0.2, 0.25) is 0 Å². The van der Waals surface area contributed by atoms with Crippen LogP contribution in [0.2, 0.25) is 0 Å². The summed E-state index contributed by atoms with van der Waals surface area (Å²) in [5.74, 6) is 0.553. The Bertz CT molecular complexity index is 799. The second kappa shape index (κ2) is 8.70. The maximum atomic E-state index is 9.35. The lowest BCUT2D eigenvalue weighted by molar-refractivity contribution is 0.0390. The monoisotopic (exact) mass is 361 g/mol. The number of rotatable bonds is 6. The summed E-state index contributed by atoms with van der Waals surface area (Å²) in [5.41, 5.74) is 8.76. The van der Waals surface area contributed by atoms with Gasteiger partial charge in [-0.2, -0.15) is 5.10 Å². The van der Waals surface area contributed by atoms with Crippen LogP contribution < -0.4 is 5.73 Å². The first-order valence-electron chi connectivity index (χ1n) is 7.81. The summed E-state index contributed by atoms with van der Waals surface area (Å²) >= 11 is 1.55. The normalized spacial score (nSPS) is 13.2. The Morgan fingerprint density at radius 3 is 2.76 bits per heavy atom. The number of methoxy groups -OCH3 is 1. The Labute approximate surface area is 150 Å². The minimum Gasteiger partial charge on any atom is -0.394 e. The van der Waals surface area contributed by atoms with E-state index in [4.69, 9.17) is 10.5 Å². The fourth-order valence-electron chi connectivity index (χ4n) is 2.72. The van der Waals surface area contributed by atoms with Crippen LogP contribution in [0.15, 0.2) is 37.1 Å². The molecule has 0 spiro atoms. The fraction of sp³-hybridized carbons (Fsp3) is 0.353. The highest BCUT2D eigenvalue weighted by molar-refractivity contribution is 7.13. The van der Waals surface area contributed by atoms with Crippen molar-refractivity contribution in [3.63, 3.8) is 0 Å². The van der Waals surface area contributed by atoms with E-state index in [0.717, 1.165) is 21.8 Å². The van der Waals surface area contributed by atoms with E-state index in [0.29, 0.717) is 12.2 Å². The molecule has 0 aliphatic heterocycles. The van der Waals surface area contributed by atoms with Crippen LogP contribution in [-0.4, -0.2) is 44.5 Å². The van der Waals surface area contributed by atoms with Gasteiger partial charge in [0.1, 0.15) is 16.9 Å². The second-order valence-corrected chi connectivity index (χ2v) is 6.30. The van der Waals surface area contributed by atoms with E-state index in [1.807, 2.05) is 16.0 Å². The number of fused-ring (bicyclic) bond motifs is 1. The first-order valence-corrected chi connectivity index (χ1v) is 8.69. The third-order valence-electron chi connectivity index (χ3n) is 3.93. The minimum atomic E-state index is -0.210. The van der Waals surface area contributed by atoms with E-state index in [-0.39, 0.29) is 18.6 Å². The van der Waals surface area contributed by atoms with Crippen molar-refractivity contribution in [3.8, 4) is 10.6 Å². The Balaban J connectivity index is 0.00000109. The van der Waals surface area contributed by atoms with Gasteiger partial charge in [-0.15, -0.1) is 24.5 Å². The number of aromatic nitrogens is 4. The van der Waals surface area contributed by atoms with Gasteiger partial charge in [-0.3, -0.25) is 0 Å². The lowest BCUT2D eigenvalue weighted by Crippen LogP contribution is -2.19. The van der Waals surface area contributed by atoms with Gasteiger partial charge in [0, 0.05) is 35.9 Å². The van der Waals surface area contributed by atoms with Crippen molar-refractivity contribution < 1.29 is 9.84 Å². The first-order chi connectivity index (χ1) is 12.2. The molecule has 0 aliphatic rings. The molecule has 8 heteroatoms. The molecule has 3 N–H and O–H groups in total. The number of thiazole rings is 1. The number of aliphatic hydroxyl groups excluding tert-OH is 1. The molecule has 0 bridgehead atoms. The summed E-state index contributed by atoms with van der Waals surface area (Å²) in [6.07, 6.45) is 3.68. The average Bonchev–Trinajstić information content (AvgIpc) is 3.29. The first kappa shape index (κ1) is 19.0. The van der Waals surface area contributed by atoms with Crippen molar-refractivity contribution in [2.45, 2.75) is 25.4 Å². The van der Waals surface area contributed by atoms with Gasteiger partial charge in [-0.1, -0.05) is 6.92 Å². The largest absolute Gasteiger partial charge is 0.394 e. The van der Waals surface area contributed by atoms with E-state index < -0.39 is 0 Å². The van der Waals surface area contributed by atoms with Gasteiger partial charge >= 0.3 is 0 Å². The maximum Gasteiger partial charge on any atom is 0.152 e. The average molecular weight is 361 g/mol. The number of nitrogens with zero attached hydrogens (tertiary/aromatic N) is 4. The highest BCUT2D eigenvalue weighted by atomic mass is 32.1. The zero-order valence-corrected chi connectivity index (χ0v) is 15.2. The van der Waals surface area contributed by atoms with E-state index in [1.165, 1.54) is 6.33 Å². The van der Waals surface area contributed by atoms with Crippen LogP contribution in [0.4, 0.5) is 5.82 Å². The number of aliphatic hydroxyl groups is 1. The van der Waals surface area contributed by atoms with Crippen molar-refractivity contribution >= 4 is 22.7 Å².